The zero-order valence-corrected chi connectivity index (χ0v) is 34.9. The second-order valence-electron chi connectivity index (χ2n) is 16.8. The summed E-state index contributed by atoms with van der Waals surface area (Å²) in [4.78, 5) is 2.41. The molecular formula is C61H40N2O. The fourth-order valence-electron chi connectivity index (χ4n) is 10.7. The van der Waals surface area contributed by atoms with Gasteiger partial charge in [0.05, 0.1) is 16.4 Å². The molecule has 2 aromatic heterocycles. The van der Waals surface area contributed by atoms with E-state index in [1.54, 1.807) is 0 Å². The summed E-state index contributed by atoms with van der Waals surface area (Å²) in [6.45, 7) is 0. The number of anilines is 3. The molecule has 0 bridgehead atoms. The summed E-state index contributed by atoms with van der Waals surface area (Å²) in [5.41, 5.74) is 17.9. The first-order valence-corrected chi connectivity index (χ1v) is 22.0. The van der Waals surface area contributed by atoms with E-state index in [1.165, 1.54) is 60.8 Å². The Balaban J connectivity index is 0.996. The van der Waals surface area contributed by atoms with Gasteiger partial charge in [-0.2, -0.15) is 0 Å². The van der Waals surface area contributed by atoms with Crippen LogP contribution in [0, 0.1) is 0 Å². The van der Waals surface area contributed by atoms with Gasteiger partial charge in [0.1, 0.15) is 11.2 Å². The molecule has 0 aliphatic heterocycles. The van der Waals surface area contributed by atoms with E-state index in [4.69, 9.17) is 4.42 Å². The van der Waals surface area contributed by atoms with Crippen molar-refractivity contribution in [2.75, 3.05) is 4.90 Å². The van der Waals surface area contributed by atoms with Gasteiger partial charge in [-0.25, -0.2) is 0 Å². The van der Waals surface area contributed by atoms with E-state index in [9.17, 15) is 0 Å². The summed E-state index contributed by atoms with van der Waals surface area (Å²) < 4.78 is 8.72. The number of furan rings is 1. The first-order valence-electron chi connectivity index (χ1n) is 22.0. The maximum atomic E-state index is 6.35. The van der Waals surface area contributed by atoms with E-state index >= 15 is 0 Å². The summed E-state index contributed by atoms with van der Waals surface area (Å²) in [6.07, 6.45) is 0. The van der Waals surface area contributed by atoms with Gasteiger partial charge in [0.25, 0.3) is 0 Å². The SMILES string of the molecule is c1ccc(-n2c3ccccc3c3cc(-c4ccc(N(c5ccc6c(c5)C(c5ccccc5)(c5ccccc5)c5ccccc5-6)c5ccc6oc7ccccc7c6c5)cc4)ccc32)cc1. The molecule has 3 heteroatoms. The molecule has 1 aliphatic rings. The molecule has 300 valence electrons. The molecule has 10 aromatic carbocycles. The van der Waals surface area contributed by atoms with Crippen LogP contribution in [0.1, 0.15) is 22.3 Å². The number of aromatic nitrogens is 1. The summed E-state index contributed by atoms with van der Waals surface area (Å²) in [7, 11) is 0. The van der Waals surface area contributed by atoms with Crippen molar-refractivity contribution in [1.29, 1.82) is 0 Å². The second-order valence-corrected chi connectivity index (χ2v) is 16.8. The molecule has 0 saturated heterocycles. The lowest BCUT2D eigenvalue weighted by molar-refractivity contribution is 0.669. The Hall–Kier alpha value is -8.40. The number of nitrogens with zero attached hydrogens (tertiary/aromatic N) is 2. The standard InChI is InChI=1S/C61H40N2O/c1-4-16-43(17-5-1)61(44-18-6-2-7-19-44)55-25-13-10-22-49(55)50-35-33-48(40-56(50)61)62(47-34-37-60-54(39-47)52-24-12-15-27-59(52)64-60)46-31-28-41(29-32-46)42-30-36-58-53(38-42)51-23-11-14-26-57(51)63(58)45-20-8-3-9-21-45/h1-40H. The highest BCUT2D eigenvalue weighted by atomic mass is 16.3. The van der Waals surface area contributed by atoms with Crippen LogP contribution in [0.5, 0.6) is 0 Å². The Morgan fingerprint density at radius 3 is 1.69 bits per heavy atom. The van der Waals surface area contributed by atoms with Gasteiger partial charge in [-0.1, -0.05) is 164 Å². The minimum atomic E-state index is -0.521. The van der Waals surface area contributed by atoms with Gasteiger partial charge in [0.15, 0.2) is 0 Å². The average Bonchev–Trinajstić information content (AvgIpc) is 4.01. The van der Waals surface area contributed by atoms with E-state index in [2.05, 4.69) is 240 Å². The van der Waals surface area contributed by atoms with Crippen molar-refractivity contribution in [3.8, 4) is 27.9 Å². The van der Waals surface area contributed by atoms with E-state index in [1.807, 2.05) is 12.1 Å². The Morgan fingerprint density at radius 2 is 0.906 bits per heavy atom. The van der Waals surface area contributed by atoms with Crippen LogP contribution in [0.25, 0.3) is 71.7 Å². The maximum absolute atomic E-state index is 6.35. The fourth-order valence-corrected chi connectivity index (χ4v) is 10.7. The van der Waals surface area contributed by atoms with Crippen LogP contribution in [0.2, 0.25) is 0 Å². The zero-order chi connectivity index (χ0) is 42.2. The third-order valence-corrected chi connectivity index (χ3v) is 13.5. The Kier molecular flexibility index (Phi) is 8.13. The first-order chi connectivity index (χ1) is 31.7. The molecular weight excluding hydrogens is 777 g/mol. The molecule has 0 N–H and O–H groups in total. The molecule has 0 unspecified atom stereocenters. The maximum Gasteiger partial charge on any atom is 0.135 e. The van der Waals surface area contributed by atoms with Gasteiger partial charge in [-0.05, 0) is 123 Å². The van der Waals surface area contributed by atoms with Crippen molar-refractivity contribution in [2.45, 2.75) is 5.41 Å². The molecule has 0 radical (unpaired) electrons. The van der Waals surface area contributed by atoms with Gasteiger partial charge in [0, 0.05) is 44.3 Å². The van der Waals surface area contributed by atoms with Crippen LogP contribution < -0.4 is 4.90 Å². The quantitative estimate of drug-likeness (QED) is 0.160. The third kappa shape index (κ3) is 5.41. The van der Waals surface area contributed by atoms with Crippen molar-refractivity contribution in [2.24, 2.45) is 0 Å². The topological polar surface area (TPSA) is 21.3 Å². The number of benzene rings is 10. The van der Waals surface area contributed by atoms with Crippen LogP contribution in [0.4, 0.5) is 17.1 Å². The number of hydrogen-bond acceptors (Lipinski definition) is 2. The van der Waals surface area contributed by atoms with E-state index in [-0.39, 0.29) is 0 Å². The predicted octanol–water partition coefficient (Wildman–Crippen LogP) is 16.2. The molecule has 0 saturated carbocycles. The first kappa shape index (κ1) is 36.3. The van der Waals surface area contributed by atoms with Crippen molar-refractivity contribution in [3.05, 3.63) is 265 Å². The van der Waals surface area contributed by atoms with Gasteiger partial charge >= 0.3 is 0 Å². The summed E-state index contributed by atoms with van der Waals surface area (Å²) in [5, 5.41) is 4.68. The van der Waals surface area contributed by atoms with Crippen molar-refractivity contribution < 1.29 is 4.42 Å². The highest BCUT2D eigenvalue weighted by Crippen LogP contribution is 2.57. The van der Waals surface area contributed by atoms with E-state index in [0.29, 0.717) is 0 Å². The molecule has 0 spiro atoms. The fraction of sp³-hybridized carbons (Fsp3) is 0.0164. The van der Waals surface area contributed by atoms with Crippen molar-refractivity contribution in [3.63, 3.8) is 0 Å². The Bertz CT molecular complexity index is 3680. The minimum Gasteiger partial charge on any atom is -0.456 e. The monoisotopic (exact) mass is 816 g/mol. The molecule has 0 amide bonds. The second kappa shape index (κ2) is 14.3. The molecule has 3 nitrogen and oxygen atoms in total. The Labute approximate surface area is 371 Å². The Morgan fingerprint density at radius 1 is 0.344 bits per heavy atom. The highest BCUT2D eigenvalue weighted by molar-refractivity contribution is 6.11. The summed E-state index contributed by atoms with van der Waals surface area (Å²) >= 11 is 0. The van der Waals surface area contributed by atoms with Gasteiger partial charge in [-0.3, -0.25) is 0 Å². The van der Waals surface area contributed by atoms with Crippen LogP contribution >= 0.6 is 0 Å². The van der Waals surface area contributed by atoms with E-state index in [0.717, 1.165) is 50.3 Å². The lowest BCUT2D eigenvalue weighted by Gasteiger charge is -2.35. The average molecular weight is 817 g/mol. The molecule has 0 atom stereocenters. The van der Waals surface area contributed by atoms with E-state index < -0.39 is 5.41 Å². The van der Waals surface area contributed by atoms with Gasteiger partial charge in [-0.15, -0.1) is 0 Å². The normalized spacial score (nSPS) is 12.8. The van der Waals surface area contributed by atoms with Crippen LogP contribution in [0.15, 0.2) is 247 Å². The lowest BCUT2D eigenvalue weighted by atomic mass is 9.67. The van der Waals surface area contributed by atoms with Crippen LogP contribution in [0.3, 0.4) is 0 Å². The van der Waals surface area contributed by atoms with Gasteiger partial charge in [0.2, 0.25) is 0 Å². The van der Waals surface area contributed by atoms with Crippen molar-refractivity contribution in [1.82, 2.24) is 4.57 Å². The lowest BCUT2D eigenvalue weighted by Crippen LogP contribution is -2.28. The number of fused-ring (bicyclic) bond motifs is 9. The molecule has 12 aromatic rings. The smallest absolute Gasteiger partial charge is 0.135 e. The molecule has 13 rings (SSSR count). The number of rotatable bonds is 7. The minimum absolute atomic E-state index is 0.521. The third-order valence-electron chi connectivity index (χ3n) is 13.5. The summed E-state index contributed by atoms with van der Waals surface area (Å²) in [5.74, 6) is 0. The number of hydrogen-bond donors (Lipinski definition) is 0. The molecule has 1 aliphatic carbocycles. The predicted molar refractivity (Wildman–Crippen MR) is 265 cm³/mol. The highest BCUT2D eigenvalue weighted by Gasteiger charge is 2.46. The van der Waals surface area contributed by atoms with Crippen LogP contribution in [-0.4, -0.2) is 4.57 Å². The summed E-state index contributed by atoms with van der Waals surface area (Å²) in [6, 6.07) is 88.3. The van der Waals surface area contributed by atoms with Gasteiger partial charge < -0.3 is 13.9 Å². The van der Waals surface area contributed by atoms with Crippen LogP contribution in [-0.2, 0) is 5.41 Å². The molecule has 0 fully saturated rings. The molecule has 2 heterocycles. The van der Waals surface area contributed by atoms with Crippen molar-refractivity contribution >= 4 is 60.8 Å². The molecule has 64 heavy (non-hydrogen) atoms. The zero-order valence-electron chi connectivity index (χ0n) is 34.9. The number of para-hydroxylation sites is 3. The largest absolute Gasteiger partial charge is 0.456 e.